The third kappa shape index (κ3) is 4.45. The van der Waals surface area contributed by atoms with E-state index in [0.29, 0.717) is 35.1 Å². The number of imidazole rings is 1. The van der Waals surface area contributed by atoms with Crippen molar-refractivity contribution in [2.75, 3.05) is 24.7 Å². The SMILES string of the molecule is Cc1nc2ccc(-c3cc(NC4CCN(S(C)(=O)=O)C[C@H]4O)ncc3Cl)nc2n1C(C)C. The Morgan fingerprint density at radius 1 is 1.28 bits per heavy atom. The van der Waals surface area contributed by atoms with Crippen LogP contribution in [0.4, 0.5) is 5.82 Å². The van der Waals surface area contributed by atoms with Crippen molar-refractivity contribution in [3.8, 4) is 11.3 Å². The van der Waals surface area contributed by atoms with Gasteiger partial charge in [0, 0.05) is 30.9 Å². The number of anilines is 1. The Balaban J connectivity index is 1.62. The second-order valence-electron chi connectivity index (χ2n) is 8.44. The van der Waals surface area contributed by atoms with Crippen molar-refractivity contribution < 1.29 is 13.5 Å². The summed E-state index contributed by atoms with van der Waals surface area (Å²) in [6, 6.07) is 5.50. The average molecular weight is 479 g/mol. The predicted molar refractivity (Wildman–Crippen MR) is 125 cm³/mol. The van der Waals surface area contributed by atoms with Gasteiger partial charge in [-0.15, -0.1) is 0 Å². The van der Waals surface area contributed by atoms with Crippen molar-refractivity contribution in [1.82, 2.24) is 23.8 Å². The maximum Gasteiger partial charge on any atom is 0.211 e. The van der Waals surface area contributed by atoms with Crippen LogP contribution in [-0.4, -0.2) is 68.8 Å². The normalized spacial score (nSPS) is 20.2. The van der Waals surface area contributed by atoms with Crippen molar-refractivity contribution in [2.45, 2.75) is 45.4 Å². The molecule has 1 aliphatic rings. The van der Waals surface area contributed by atoms with Gasteiger partial charge in [0.25, 0.3) is 0 Å². The lowest BCUT2D eigenvalue weighted by Gasteiger charge is -2.35. The molecule has 0 aromatic carbocycles. The summed E-state index contributed by atoms with van der Waals surface area (Å²) in [6.45, 7) is 6.52. The summed E-state index contributed by atoms with van der Waals surface area (Å²) in [5.41, 5.74) is 3.02. The van der Waals surface area contributed by atoms with Crippen LogP contribution < -0.4 is 5.32 Å². The van der Waals surface area contributed by atoms with E-state index in [1.807, 2.05) is 19.1 Å². The molecule has 1 aliphatic heterocycles. The summed E-state index contributed by atoms with van der Waals surface area (Å²) < 4.78 is 26.9. The van der Waals surface area contributed by atoms with Crippen molar-refractivity contribution in [2.24, 2.45) is 0 Å². The second kappa shape index (κ2) is 8.58. The van der Waals surface area contributed by atoms with E-state index in [0.717, 1.165) is 23.2 Å². The largest absolute Gasteiger partial charge is 0.390 e. The zero-order chi connectivity index (χ0) is 23.2. The molecule has 0 aliphatic carbocycles. The molecule has 1 unspecified atom stereocenters. The van der Waals surface area contributed by atoms with Gasteiger partial charge in [0.2, 0.25) is 10.0 Å². The van der Waals surface area contributed by atoms with Gasteiger partial charge in [-0.3, -0.25) is 0 Å². The number of aryl methyl sites for hydroxylation is 1. The van der Waals surface area contributed by atoms with E-state index in [2.05, 4.69) is 33.7 Å². The van der Waals surface area contributed by atoms with Crippen molar-refractivity contribution in [1.29, 1.82) is 0 Å². The fraction of sp³-hybridized carbons (Fsp3) is 0.476. The summed E-state index contributed by atoms with van der Waals surface area (Å²) in [5.74, 6) is 1.44. The highest BCUT2D eigenvalue weighted by atomic mass is 35.5. The third-order valence-electron chi connectivity index (χ3n) is 5.71. The maximum absolute atomic E-state index is 11.8. The van der Waals surface area contributed by atoms with Crippen LogP contribution in [0.5, 0.6) is 0 Å². The fourth-order valence-corrected chi connectivity index (χ4v) is 5.19. The molecule has 0 radical (unpaired) electrons. The molecule has 0 amide bonds. The van der Waals surface area contributed by atoms with Crippen molar-refractivity contribution in [3.05, 3.63) is 35.2 Å². The molecule has 11 heteroatoms. The van der Waals surface area contributed by atoms with Crippen LogP contribution in [0.15, 0.2) is 24.4 Å². The first-order valence-electron chi connectivity index (χ1n) is 10.5. The molecule has 9 nitrogen and oxygen atoms in total. The van der Waals surface area contributed by atoms with Crippen LogP contribution in [0.1, 0.15) is 32.1 Å². The number of nitrogens with one attached hydrogen (secondary N) is 1. The summed E-state index contributed by atoms with van der Waals surface area (Å²) in [5, 5.41) is 14.1. The Labute approximate surface area is 192 Å². The van der Waals surface area contributed by atoms with E-state index in [-0.39, 0.29) is 18.6 Å². The number of halogens is 1. The first-order valence-corrected chi connectivity index (χ1v) is 12.7. The van der Waals surface area contributed by atoms with Gasteiger partial charge in [-0.2, -0.15) is 4.31 Å². The maximum atomic E-state index is 11.8. The lowest BCUT2D eigenvalue weighted by Crippen LogP contribution is -2.51. The zero-order valence-corrected chi connectivity index (χ0v) is 20.0. The highest BCUT2D eigenvalue weighted by molar-refractivity contribution is 7.88. The van der Waals surface area contributed by atoms with Crippen LogP contribution in [-0.2, 0) is 10.0 Å². The lowest BCUT2D eigenvalue weighted by atomic mass is 10.0. The van der Waals surface area contributed by atoms with E-state index in [4.69, 9.17) is 16.6 Å². The molecule has 0 saturated carbocycles. The number of fused-ring (bicyclic) bond motifs is 1. The van der Waals surface area contributed by atoms with Gasteiger partial charge in [0.05, 0.1) is 29.1 Å². The van der Waals surface area contributed by atoms with E-state index in [9.17, 15) is 13.5 Å². The molecular weight excluding hydrogens is 452 g/mol. The molecule has 0 bridgehead atoms. The van der Waals surface area contributed by atoms with Gasteiger partial charge in [-0.05, 0) is 45.4 Å². The minimum atomic E-state index is -3.33. The first kappa shape index (κ1) is 22.9. The van der Waals surface area contributed by atoms with Crippen LogP contribution >= 0.6 is 11.6 Å². The number of aliphatic hydroxyl groups is 1. The van der Waals surface area contributed by atoms with Gasteiger partial charge in [-0.25, -0.2) is 23.4 Å². The second-order valence-corrected chi connectivity index (χ2v) is 10.8. The summed E-state index contributed by atoms with van der Waals surface area (Å²) in [4.78, 5) is 13.8. The third-order valence-corrected chi connectivity index (χ3v) is 7.28. The topological polar surface area (TPSA) is 113 Å². The average Bonchev–Trinajstić information content (AvgIpc) is 3.05. The Morgan fingerprint density at radius 3 is 2.69 bits per heavy atom. The molecule has 2 N–H and O–H groups in total. The van der Waals surface area contributed by atoms with Gasteiger partial charge in [-0.1, -0.05) is 11.6 Å². The van der Waals surface area contributed by atoms with Gasteiger partial charge in [0.1, 0.15) is 17.2 Å². The number of nitrogens with zero attached hydrogens (tertiary/aromatic N) is 5. The molecule has 32 heavy (non-hydrogen) atoms. The number of hydrogen-bond donors (Lipinski definition) is 2. The van der Waals surface area contributed by atoms with Gasteiger partial charge >= 0.3 is 0 Å². The van der Waals surface area contributed by atoms with E-state index < -0.39 is 16.1 Å². The standard InChI is InChI=1S/C21H27ClN6O3S/c1-12(2)28-13(3)24-18-6-5-16(26-21(18)28)14-9-20(23-10-15(14)22)25-17-7-8-27(11-19(17)29)32(4,30)31/h5-6,9-10,12,17,19,29H,7-8,11H2,1-4H3,(H,23,25)/t17?,19-/m1/s1. The lowest BCUT2D eigenvalue weighted by molar-refractivity contribution is 0.0952. The van der Waals surface area contributed by atoms with E-state index in [1.165, 1.54) is 4.31 Å². The molecule has 0 spiro atoms. The summed E-state index contributed by atoms with van der Waals surface area (Å²) in [6.07, 6.45) is 2.31. The smallest absolute Gasteiger partial charge is 0.211 e. The molecule has 3 aromatic rings. The van der Waals surface area contributed by atoms with Crippen LogP contribution in [0, 0.1) is 6.92 Å². The van der Waals surface area contributed by atoms with E-state index in [1.54, 1.807) is 12.3 Å². The highest BCUT2D eigenvalue weighted by Gasteiger charge is 2.32. The number of β-amino-alcohol motifs (C(OH)–C–C–N with tert-alkyl or cyclic N) is 1. The monoisotopic (exact) mass is 478 g/mol. The summed E-state index contributed by atoms with van der Waals surface area (Å²) in [7, 11) is -3.33. The van der Waals surface area contributed by atoms with Crippen LogP contribution in [0.2, 0.25) is 5.02 Å². The zero-order valence-electron chi connectivity index (χ0n) is 18.4. The quantitative estimate of drug-likeness (QED) is 0.579. The van der Waals surface area contributed by atoms with Crippen molar-refractivity contribution >= 4 is 38.6 Å². The molecule has 1 fully saturated rings. The van der Waals surface area contributed by atoms with Crippen LogP contribution in [0.3, 0.4) is 0 Å². The number of aliphatic hydroxyl groups excluding tert-OH is 1. The van der Waals surface area contributed by atoms with Crippen LogP contribution in [0.25, 0.3) is 22.4 Å². The minimum Gasteiger partial charge on any atom is -0.390 e. The number of hydrogen-bond acceptors (Lipinski definition) is 7. The first-order chi connectivity index (χ1) is 15.0. The van der Waals surface area contributed by atoms with E-state index >= 15 is 0 Å². The Hall–Kier alpha value is -2.27. The minimum absolute atomic E-state index is 0.0493. The molecule has 4 rings (SSSR count). The molecule has 2 atom stereocenters. The molecule has 172 valence electrons. The molecule has 4 heterocycles. The fourth-order valence-electron chi connectivity index (χ4n) is 4.13. The number of aromatic nitrogens is 4. The van der Waals surface area contributed by atoms with Gasteiger partial charge < -0.3 is 15.0 Å². The number of piperidine rings is 1. The van der Waals surface area contributed by atoms with Crippen molar-refractivity contribution in [3.63, 3.8) is 0 Å². The highest BCUT2D eigenvalue weighted by Crippen LogP contribution is 2.31. The molecule has 3 aromatic heterocycles. The molecular formula is C21H27ClN6O3S. The number of pyridine rings is 2. The summed E-state index contributed by atoms with van der Waals surface area (Å²) >= 11 is 6.45. The molecule has 1 saturated heterocycles. The number of sulfonamides is 1. The Kier molecular flexibility index (Phi) is 6.15. The predicted octanol–water partition coefficient (Wildman–Crippen LogP) is 2.84. The van der Waals surface area contributed by atoms with Gasteiger partial charge in [0.15, 0.2) is 5.65 Å². The Bertz CT molecular complexity index is 1260. The number of rotatable bonds is 5. The Morgan fingerprint density at radius 2 is 2.03 bits per heavy atom.